The van der Waals surface area contributed by atoms with Crippen LogP contribution in [-0.2, 0) is 17.8 Å². The Morgan fingerprint density at radius 1 is 1.53 bits per heavy atom. The molecule has 0 aromatic carbocycles. The summed E-state index contributed by atoms with van der Waals surface area (Å²) in [5.74, 6) is 2.08. The van der Waals surface area contributed by atoms with Crippen LogP contribution in [0.3, 0.4) is 0 Å². The normalized spacial score (nSPS) is 24.8. The van der Waals surface area contributed by atoms with E-state index in [4.69, 9.17) is 9.15 Å². The molecular weight excluding hydrogens is 240 g/mol. The first-order valence-electron chi connectivity index (χ1n) is 7.06. The Morgan fingerprint density at radius 2 is 2.32 bits per heavy atom. The minimum Gasteiger partial charge on any atom is -0.465 e. The molecular formula is C15H26N2O2. The molecule has 2 heterocycles. The third-order valence-corrected chi connectivity index (χ3v) is 4.05. The number of furan rings is 1. The molecule has 0 aliphatic carbocycles. The van der Waals surface area contributed by atoms with E-state index in [-0.39, 0.29) is 5.60 Å². The number of likely N-dealkylation sites (tertiary alicyclic amines) is 1. The summed E-state index contributed by atoms with van der Waals surface area (Å²) < 4.78 is 11.5. The summed E-state index contributed by atoms with van der Waals surface area (Å²) in [6.45, 7) is 8.07. The van der Waals surface area contributed by atoms with E-state index in [1.165, 1.54) is 12.0 Å². The SMILES string of the molecule is CNCc1cc(CN2CCCC(C)(OC)C2)oc1C. The van der Waals surface area contributed by atoms with Gasteiger partial charge in [0.05, 0.1) is 12.1 Å². The average Bonchev–Trinajstić information content (AvgIpc) is 2.70. The molecule has 1 unspecified atom stereocenters. The van der Waals surface area contributed by atoms with Crippen molar-refractivity contribution in [2.75, 3.05) is 27.2 Å². The van der Waals surface area contributed by atoms with Gasteiger partial charge < -0.3 is 14.5 Å². The van der Waals surface area contributed by atoms with Gasteiger partial charge in [0.25, 0.3) is 0 Å². The summed E-state index contributed by atoms with van der Waals surface area (Å²) in [4.78, 5) is 2.43. The third-order valence-electron chi connectivity index (χ3n) is 4.05. The summed E-state index contributed by atoms with van der Waals surface area (Å²) in [5.41, 5.74) is 1.25. The first kappa shape index (κ1) is 14.6. The van der Waals surface area contributed by atoms with Gasteiger partial charge in [0.2, 0.25) is 0 Å². The summed E-state index contributed by atoms with van der Waals surface area (Å²) in [5, 5.41) is 3.17. The third kappa shape index (κ3) is 3.59. The molecule has 19 heavy (non-hydrogen) atoms. The van der Waals surface area contributed by atoms with Crippen molar-refractivity contribution in [3.8, 4) is 0 Å². The molecule has 1 aliphatic rings. The predicted octanol–water partition coefficient (Wildman–Crippen LogP) is 2.31. The highest BCUT2D eigenvalue weighted by Crippen LogP contribution is 2.26. The van der Waals surface area contributed by atoms with E-state index in [0.717, 1.165) is 44.1 Å². The smallest absolute Gasteiger partial charge is 0.118 e. The van der Waals surface area contributed by atoms with Gasteiger partial charge in [0.15, 0.2) is 0 Å². The Morgan fingerprint density at radius 3 is 3.00 bits per heavy atom. The number of methoxy groups -OCH3 is 1. The summed E-state index contributed by atoms with van der Waals surface area (Å²) in [7, 11) is 3.77. The minimum absolute atomic E-state index is 0.00626. The molecule has 4 nitrogen and oxygen atoms in total. The zero-order chi connectivity index (χ0) is 13.9. The van der Waals surface area contributed by atoms with E-state index in [1.807, 2.05) is 21.1 Å². The van der Waals surface area contributed by atoms with Crippen LogP contribution in [0, 0.1) is 6.92 Å². The maximum Gasteiger partial charge on any atom is 0.118 e. The molecule has 1 fully saturated rings. The van der Waals surface area contributed by atoms with E-state index in [1.54, 1.807) is 0 Å². The fraction of sp³-hybridized carbons (Fsp3) is 0.733. The molecule has 1 N–H and O–H groups in total. The number of nitrogens with zero attached hydrogens (tertiary/aromatic N) is 1. The average molecular weight is 266 g/mol. The topological polar surface area (TPSA) is 37.6 Å². The first-order chi connectivity index (χ1) is 9.06. The van der Waals surface area contributed by atoms with E-state index in [2.05, 4.69) is 23.2 Å². The number of nitrogens with one attached hydrogen (secondary N) is 1. The first-order valence-corrected chi connectivity index (χ1v) is 7.06. The Balaban J connectivity index is 1.99. The number of hydrogen-bond acceptors (Lipinski definition) is 4. The van der Waals surface area contributed by atoms with Crippen LogP contribution < -0.4 is 5.32 Å². The van der Waals surface area contributed by atoms with E-state index in [0.29, 0.717) is 0 Å². The lowest BCUT2D eigenvalue weighted by Gasteiger charge is -2.39. The van der Waals surface area contributed by atoms with Gasteiger partial charge in [0, 0.05) is 25.8 Å². The van der Waals surface area contributed by atoms with Gasteiger partial charge in [-0.3, -0.25) is 4.90 Å². The van der Waals surface area contributed by atoms with Crippen LogP contribution in [-0.4, -0.2) is 37.7 Å². The maximum absolute atomic E-state index is 5.85. The van der Waals surface area contributed by atoms with Crippen molar-refractivity contribution in [2.45, 2.75) is 45.4 Å². The fourth-order valence-electron chi connectivity index (χ4n) is 2.86. The highest BCUT2D eigenvalue weighted by molar-refractivity contribution is 5.20. The summed E-state index contributed by atoms with van der Waals surface area (Å²) in [6, 6.07) is 2.17. The Kier molecular flexibility index (Phi) is 4.66. The number of hydrogen-bond donors (Lipinski definition) is 1. The predicted molar refractivity (Wildman–Crippen MR) is 76.1 cm³/mol. The van der Waals surface area contributed by atoms with Crippen LogP contribution in [0.25, 0.3) is 0 Å². The van der Waals surface area contributed by atoms with Crippen molar-refractivity contribution in [1.29, 1.82) is 0 Å². The van der Waals surface area contributed by atoms with Gasteiger partial charge >= 0.3 is 0 Å². The lowest BCUT2D eigenvalue weighted by molar-refractivity contribution is -0.0539. The molecule has 1 aromatic heterocycles. The van der Waals surface area contributed by atoms with Gasteiger partial charge in [-0.1, -0.05) is 0 Å². The highest BCUT2D eigenvalue weighted by Gasteiger charge is 2.31. The molecule has 0 radical (unpaired) electrons. The zero-order valence-corrected chi connectivity index (χ0v) is 12.6. The molecule has 2 rings (SSSR count). The van der Waals surface area contributed by atoms with Crippen LogP contribution in [0.2, 0.25) is 0 Å². The van der Waals surface area contributed by atoms with Crippen molar-refractivity contribution >= 4 is 0 Å². The number of rotatable bonds is 5. The second-order valence-electron chi connectivity index (χ2n) is 5.79. The molecule has 0 saturated carbocycles. The van der Waals surface area contributed by atoms with Crippen molar-refractivity contribution in [2.24, 2.45) is 0 Å². The lowest BCUT2D eigenvalue weighted by Crippen LogP contribution is -2.46. The Bertz CT molecular complexity index is 416. The van der Waals surface area contributed by atoms with Gasteiger partial charge in [-0.25, -0.2) is 0 Å². The molecule has 0 amide bonds. The van der Waals surface area contributed by atoms with Crippen molar-refractivity contribution in [1.82, 2.24) is 10.2 Å². The van der Waals surface area contributed by atoms with Crippen molar-refractivity contribution < 1.29 is 9.15 Å². The van der Waals surface area contributed by atoms with E-state index in [9.17, 15) is 0 Å². The molecule has 1 aromatic rings. The second-order valence-corrected chi connectivity index (χ2v) is 5.79. The Hall–Kier alpha value is -0.840. The molecule has 1 atom stereocenters. The fourth-order valence-corrected chi connectivity index (χ4v) is 2.86. The molecule has 1 saturated heterocycles. The van der Waals surface area contributed by atoms with Crippen LogP contribution in [0.5, 0.6) is 0 Å². The van der Waals surface area contributed by atoms with Crippen molar-refractivity contribution in [3.63, 3.8) is 0 Å². The molecule has 1 aliphatic heterocycles. The molecule has 108 valence electrons. The largest absolute Gasteiger partial charge is 0.465 e. The molecule has 4 heteroatoms. The van der Waals surface area contributed by atoms with E-state index < -0.39 is 0 Å². The quantitative estimate of drug-likeness (QED) is 0.887. The number of piperidine rings is 1. The van der Waals surface area contributed by atoms with Crippen LogP contribution in [0.15, 0.2) is 10.5 Å². The van der Waals surface area contributed by atoms with Gasteiger partial charge in [0.1, 0.15) is 11.5 Å². The lowest BCUT2D eigenvalue weighted by atomic mass is 9.95. The van der Waals surface area contributed by atoms with Gasteiger partial charge in [-0.15, -0.1) is 0 Å². The summed E-state index contributed by atoms with van der Waals surface area (Å²) in [6.07, 6.45) is 2.33. The van der Waals surface area contributed by atoms with Crippen LogP contribution in [0.1, 0.15) is 36.8 Å². The van der Waals surface area contributed by atoms with Gasteiger partial charge in [-0.05, 0) is 46.3 Å². The maximum atomic E-state index is 5.85. The van der Waals surface area contributed by atoms with Crippen molar-refractivity contribution in [3.05, 3.63) is 23.2 Å². The minimum atomic E-state index is -0.00626. The number of ether oxygens (including phenoxy) is 1. The zero-order valence-electron chi connectivity index (χ0n) is 12.6. The van der Waals surface area contributed by atoms with E-state index >= 15 is 0 Å². The Labute approximate surface area is 116 Å². The summed E-state index contributed by atoms with van der Waals surface area (Å²) >= 11 is 0. The number of aryl methyl sites for hydroxylation is 1. The molecule has 0 spiro atoms. The molecule has 0 bridgehead atoms. The second kappa shape index (κ2) is 6.07. The van der Waals surface area contributed by atoms with Gasteiger partial charge in [-0.2, -0.15) is 0 Å². The van der Waals surface area contributed by atoms with Crippen LogP contribution >= 0.6 is 0 Å². The monoisotopic (exact) mass is 266 g/mol. The highest BCUT2D eigenvalue weighted by atomic mass is 16.5. The standard InChI is InChI=1S/C15H26N2O2/c1-12-13(9-16-3)8-14(19-12)10-17-7-5-6-15(2,11-17)18-4/h8,16H,5-7,9-11H2,1-4H3. The van der Waals surface area contributed by atoms with Crippen LogP contribution in [0.4, 0.5) is 0 Å².